The third-order valence-corrected chi connectivity index (χ3v) is 12.1. The lowest BCUT2D eigenvalue weighted by molar-refractivity contribution is -0.137. The number of ether oxygens (including phenoxy) is 1. The minimum Gasteiger partial charge on any atom is -0.492 e. The molecule has 3 aromatic rings. The van der Waals surface area contributed by atoms with Gasteiger partial charge in [-0.15, -0.1) is 0 Å². The van der Waals surface area contributed by atoms with Crippen molar-refractivity contribution in [3.05, 3.63) is 82.6 Å². The quantitative estimate of drug-likeness (QED) is 0.157. The van der Waals surface area contributed by atoms with Crippen molar-refractivity contribution < 1.29 is 46.3 Å². The molecule has 314 valence electrons. The molecule has 0 aliphatic carbocycles. The van der Waals surface area contributed by atoms with E-state index in [1.807, 2.05) is 4.90 Å². The normalized spacial score (nSPS) is 20.8. The van der Waals surface area contributed by atoms with Crippen LogP contribution in [-0.2, 0) is 20.6 Å². The van der Waals surface area contributed by atoms with E-state index in [1.165, 1.54) is 18.2 Å². The van der Waals surface area contributed by atoms with Crippen molar-refractivity contribution in [2.45, 2.75) is 50.7 Å². The number of piperidine rings is 3. The molecule has 0 spiro atoms. The minimum atomic E-state index is -4.63. The number of anilines is 3. The Morgan fingerprint density at radius 2 is 1.60 bits per heavy atom. The summed E-state index contributed by atoms with van der Waals surface area (Å²) in [6.45, 7) is 12.1. The Hall–Kier alpha value is -6.09. The summed E-state index contributed by atoms with van der Waals surface area (Å²) in [7, 11) is 0. The second-order valence-corrected chi connectivity index (χ2v) is 16.1. The second kappa shape index (κ2) is 16.5. The number of carbonyl (C=O) groups excluding carboxylic acids is 5. The molecule has 5 amide bonds. The third kappa shape index (κ3) is 8.35. The standard InChI is InChI=1S/C42H42F4N8O6/c1-47-33-4-2-27(16-31(33)42(44,45)46)52-14-10-26(11-15-52)38(56)49-36-6-3-28(19-48-36)60-23-25-21-51(22-25)20-24-8-12-53(13-9-24)35-18-30-29(17-32(35)43)40(58)54(41(30)59)34-5-7-37(55)50-39(34)57/h2-4,6,16-19,24-26,34H,5,7-15,20-23H2,(H,48,49,56)(H,50,55,57). The number of carbonyl (C=O) groups is 5. The van der Waals surface area contributed by atoms with E-state index in [0.29, 0.717) is 74.7 Å². The van der Waals surface area contributed by atoms with Gasteiger partial charge in [0.15, 0.2) is 5.69 Å². The van der Waals surface area contributed by atoms with Crippen LogP contribution in [0.1, 0.15) is 64.8 Å². The predicted molar refractivity (Wildman–Crippen MR) is 209 cm³/mol. The maximum Gasteiger partial charge on any atom is 0.407 e. The molecule has 18 heteroatoms. The zero-order valence-corrected chi connectivity index (χ0v) is 32.5. The van der Waals surface area contributed by atoms with E-state index in [4.69, 9.17) is 11.3 Å². The number of alkyl halides is 3. The summed E-state index contributed by atoms with van der Waals surface area (Å²) in [6, 6.07) is 8.47. The molecule has 2 N–H and O–H groups in total. The molecule has 6 heterocycles. The van der Waals surface area contributed by atoms with Crippen LogP contribution in [0, 0.1) is 30.1 Å². The molecule has 0 bridgehead atoms. The van der Waals surface area contributed by atoms with Gasteiger partial charge in [-0.2, -0.15) is 13.2 Å². The van der Waals surface area contributed by atoms with Gasteiger partial charge in [0.25, 0.3) is 11.8 Å². The van der Waals surface area contributed by atoms with Gasteiger partial charge in [-0.05, 0) is 74.4 Å². The molecular weight excluding hydrogens is 789 g/mol. The van der Waals surface area contributed by atoms with Crippen LogP contribution >= 0.6 is 0 Å². The number of benzene rings is 2. The number of fused-ring (bicyclic) bond motifs is 1. The van der Waals surface area contributed by atoms with Gasteiger partial charge in [-0.1, -0.05) is 6.07 Å². The summed E-state index contributed by atoms with van der Waals surface area (Å²) in [4.78, 5) is 77.5. The van der Waals surface area contributed by atoms with Crippen molar-refractivity contribution in [1.82, 2.24) is 20.1 Å². The van der Waals surface area contributed by atoms with Gasteiger partial charge in [0.2, 0.25) is 17.7 Å². The van der Waals surface area contributed by atoms with E-state index in [9.17, 15) is 37.1 Å². The number of likely N-dealkylation sites (tertiary alicyclic amines) is 1. The second-order valence-electron chi connectivity index (χ2n) is 16.1. The third-order valence-electron chi connectivity index (χ3n) is 12.1. The summed E-state index contributed by atoms with van der Waals surface area (Å²) in [5, 5.41) is 4.99. The first-order valence-electron chi connectivity index (χ1n) is 20.0. The van der Waals surface area contributed by atoms with E-state index in [2.05, 4.69) is 25.4 Å². The van der Waals surface area contributed by atoms with Gasteiger partial charge in [0.05, 0.1) is 41.8 Å². The van der Waals surface area contributed by atoms with Crippen molar-refractivity contribution in [1.29, 1.82) is 0 Å². The summed E-state index contributed by atoms with van der Waals surface area (Å²) >= 11 is 0. The summed E-state index contributed by atoms with van der Waals surface area (Å²) in [6.07, 6.45) is -0.497. The number of amides is 5. The SMILES string of the molecule is [C-]#[N+]c1ccc(N2CCC(C(=O)Nc3ccc(OCC4CN(CC5CCN(c6cc7c(cc6F)C(=O)N(C6CCC(=O)NC6=O)C7=O)CC5)C4)cn3)CC2)cc1C(F)(F)F. The topological polar surface area (TPSA) is 149 Å². The van der Waals surface area contributed by atoms with Gasteiger partial charge < -0.3 is 24.8 Å². The Bertz CT molecular complexity index is 2240. The molecule has 0 radical (unpaired) electrons. The van der Waals surface area contributed by atoms with E-state index < -0.39 is 52.9 Å². The summed E-state index contributed by atoms with van der Waals surface area (Å²) in [5.74, 6) is -2.04. The fourth-order valence-corrected chi connectivity index (χ4v) is 8.80. The molecule has 60 heavy (non-hydrogen) atoms. The van der Waals surface area contributed by atoms with Crippen molar-refractivity contribution in [3.8, 4) is 5.75 Å². The monoisotopic (exact) mass is 830 g/mol. The Morgan fingerprint density at radius 3 is 2.25 bits per heavy atom. The van der Waals surface area contributed by atoms with E-state index in [-0.39, 0.29) is 41.5 Å². The molecule has 4 saturated heterocycles. The van der Waals surface area contributed by atoms with Crippen LogP contribution in [0.25, 0.3) is 4.85 Å². The number of nitrogens with zero attached hydrogens (tertiary/aromatic N) is 6. The Balaban J connectivity index is 0.738. The van der Waals surface area contributed by atoms with Crippen molar-refractivity contribution in [2.75, 3.05) is 67.5 Å². The number of pyridine rings is 1. The summed E-state index contributed by atoms with van der Waals surface area (Å²) in [5.41, 5.74) is -0.811. The van der Waals surface area contributed by atoms with Crippen molar-refractivity contribution in [3.63, 3.8) is 0 Å². The van der Waals surface area contributed by atoms with Gasteiger partial charge in [-0.3, -0.25) is 34.2 Å². The van der Waals surface area contributed by atoms with Crippen molar-refractivity contribution in [2.24, 2.45) is 17.8 Å². The van der Waals surface area contributed by atoms with Crippen LogP contribution in [-0.4, -0.2) is 103 Å². The maximum atomic E-state index is 15.4. The number of rotatable bonds is 10. The van der Waals surface area contributed by atoms with Crippen LogP contribution in [0.15, 0.2) is 48.7 Å². The largest absolute Gasteiger partial charge is 0.492 e. The number of nitrogens with one attached hydrogen (secondary N) is 2. The number of hydrogen-bond donors (Lipinski definition) is 2. The molecule has 1 unspecified atom stereocenters. The highest BCUT2D eigenvalue weighted by Crippen LogP contribution is 2.40. The number of imide groups is 2. The lowest BCUT2D eigenvalue weighted by atomic mass is 9.92. The first-order chi connectivity index (χ1) is 28.7. The lowest BCUT2D eigenvalue weighted by Gasteiger charge is -2.43. The molecular formula is C42H42F4N8O6. The first-order valence-corrected chi connectivity index (χ1v) is 20.0. The number of aromatic nitrogens is 1. The van der Waals surface area contributed by atoms with E-state index >= 15 is 4.39 Å². The maximum absolute atomic E-state index is 15.4. The number of halogens is 4. The lowest BCUT2D eigenvalue weighted by Crippen LogP contribution is -2.54. The minimum absolute atomic E-state index is 0.00244. The van der Waals surface area contributed by atoms with Crippen LogP contribution in [0.2, 0.25) is 0 Å². The smallest absolute Gasteiger partial charge is 0.407 e. The van der Waals surface area contributed by atoms with Gasteiger partial charge in [-0.25, -0.2) is 14.2 Å². The van der Waals surface area contributed by atoms with Crippen LogP contribution in [0.3, 0.4) is 0 Å². The Morgan fingerprint density at radius 1 is 0.900 bits per heavy atom. The predicted octanol–water partition coefficient (Wildman–Crippen LogP) is 5.27. The van der Waals surface area contributed by atoms with Crippen LogP contribution in [0.4, 0.5) is 40.4 Å². The van der Waals surface area contributed by atoms with Gasteiger partial charge in [0.1, 0.15) is 23.4 Å². The zero-order chi connectivity index (χ0) is 42.3. The molecule has 1 aromatic heterocycles. The molecule has 1 atom stereocenters. The molecule has 4 fully saturated rings. The molecule has 0 saturated carbocycles. The molecule has 8 rings (SSSR count). The zero-order valence-electron chi connectivity index (χ0n) is 32.5. The highest BCUT2D eigenvalue weighted by molar-refractivity contribution is 6.23. The van der Waals surface area contributed by atoms with Crippen LogP contribution < -0.4 is 25.2 Å². The first kappa shape index (κ1) is 40.7. The van der Waals surface area contributed by atoms with E-state index in [1.54, 1.807) is 23.2 Å². The fourth-order valence-electron chi connectivity index (χ4n) is 8.80. The van der Waals surface area contributed by atoms with Crippen LogP contribution in [0.5, 0.6) is 5.75 Å². The fraction of sp³-hybridized carbons (Fsp3) is 0.452. The van der Waals surface area contributed by atoms with E-state index in [0.717, 1.165) is 49.5 Å². The molecule has 14 nitrogen and oxygen atoms in total. The molecule has 5 aliphatic rings. The Labute approximate surface area is 342 Å². The Kier molecular flexibility index (Phi) is 11.2. The van der Waals surface area contributed by atoms with Gasteiger partial charge in [0, 0.05) is 69.8 Å². The highest BCUT2D eigenvalue weighted by Gasteiger charge is 2.45. The average Bonchev–Trinajstić information content (AvgIpc) is 3.45. The van der Waals surface area contributed by atoms with Crippen molar-refractivity contribution >= 4 is 52.4 Å². The van der Waals surface area contributed by atoms with Gasteiger partial charge >= 0.3 is 6.18 Å². The highest BCUT2D eigenvalue weighted by atomic mass is 19.4. The molecule has 5 aliphatic heterocycles. The average molecular weight is 831 g/mol. The number of hydrogen-bond acceptors (Lipinski definition) is 10. The molecule has 2 aromatic carbocycles. The summed E-state index contributed by atoms with van der Waals surface area (Å²) < 4.78 is 61.7.